The van der Waals surface area contributed by atoms with Gasteiger partial charge in [0.15, 0.2) is 0 Å². The van der Waals surface area contributed by atoms with Crippen LogP contribution in [0.25, 0.3) is 0 Å². The molecule has 2 aliphatic rings. The Morgan fingerprint density at radius 3 is 2.17 bits per heavy atom. The highest BCUT2D eigenvalue weighted by atomic mass is 32.2. The molecule has 2 rings (SSSR count). The SMILES string of the molecule is O=S(=O)(OC1=CCC2(CC1)CC2(F)F)C(F)(F)F. The molecule has 3 nitrogen and oxygen atoms in total. The Morgan fingerprint density at radius 2 is 1.83 bits per heavy atom. The van der Waals surface area contributed by atoms with E-state index in [0.29, 0.717) is 0 Å². The van der Waals surface area contributed by atoms with Gasteiger partial charge in [-0.3, -0.25) is 0 Å². The quantitative estimate of drug-likeness (QED) is 0.446. The van der Waals surface area contributed by atoms with Crippen molar-refractivity contribution in [2.75, 3.05) is 0 Å². The van der Waals surface area contributed by atoms with E-state index >= 15 is 0 Å². The molecule has 0 aliphatic heterocycles. The van der Waals surface area contributed by atoms with E-state index in [0.717, 1.165) is 6.08 Å². The highest BCUT2D eigenvalue weighted by Gasteiger charge is 2.70. The van der Waals surface area contributed by atoms with Gasteiger partial charge in [-0.15, -0.1) is 0 Å². The Labute approximate surface area is 99.7 Å². The van der Waals surface area contributed by atoms with E-state index in [9.17, 15) is 30.4 Å². The highest BCUT2D eigenvalue weighted by Crippen LogP contribution is 2.67. The van der Waals surface area contributed by atoms with Crippen LogP contribution in [0.1, 0.15) is 25.7 Å². The summed E-state index contributed by atoms with van der Waals surface area (Å²) < 4.78 is 87.2. The summed E-state index contributed by atoms with van der Waals surface area (Å²) in [5, 5.41) is 0. The van der Waals surface area contributed by atoms with Crippen molar-refractivity contribution in [3.63, 3.8) is 0 Å². The Kier molecular flexibility index (Phi) is 2.70. The lowest BCUT2D eigenvalue weighted by Gasteiger charge is -2.21. The van der Waals surface area contributed by atoms with Crippen molar-refractivity contribution < 1.29 is 34.6 Å². The van der Waals surface area contributed by atoms with Crippen LogP contribution >= 0.6 is 0 Å². The molecule has 0 bridgehead atoms. The summed E-state index contributed by atoms with van der Waals surface area (Å²) in [5.41, 5.74) is -6.71. The van der Waals surface area contributed by atoms with Crippen LogP contribution in [0.4, 0.5) is 22.0 Å². The third kappa shape index (κ3) is 2.08. The van der Waals surface area contributed by atoms with Gasteiger partial charge in [0.1, 0.15) is 5.76 Å². The van der Waals surface area contributed by atoms with Crippen LogP contribution in [0.3, 0.4) is 0 Å². The lowest BCUT2D eigenvalue weighted by molar-refractivity contribution is -0.0526. The second kappa shape index (κ2) is 3.58. The van der Waals surface area contributed by atoms with Gasteiger partial charge >= 0.3 is 15.6 Å². The lowest BCUT2D eigenvalue weighted by atomic mass is 9.90. The summed E-state index contributed by atoms with van der Waals surface area (Å²) in [5.74, 6) is -3.22. The fourth-order valence-corrected chi connectivity index (χ4v) is 2.54. The first-order valence-electron chi connectivity index (χ1n) is 5.07. The van der Waals surface area contributed by atoms with Crippen molar-refractivity contribution in [2.45, 2.75) is 37.1 Å². The molecular formula is C9H9F5O3S. The molecule has 1 saturated carbocycles. The molecular weight excluding hydrogens is 283 g/mol. The number of alkyl halides is 5. The molecule has 1 atom stereocenters. The van der Waals surface area contributed by atoms with E-state index in [2.05, 4.69) is 4.18 Å². The molecule has 0 aromatic carbocycles. The molecule has 9 heteroatoms. The van der Waals surface area contributed by atoms with Crippen molar-refractivity contribution in [2.24, 2.45) is 5.41 Å². The van der Waals surface area contributed by atoms with Gasteiger partial charge in [-0.05, 0) is 18.9 Å². The maximum atomic E-state index is 13.0. The summed E-state index contributed by atoms with van der Waals surface area (Å²) in [7, 11) is -5.70. The van der Waals surface area contributed by atoms with Gasteiger partial charge in [-0.2, -0.15) is 21.6 Å². The van der Waals surface area contributed by atoms with Gasteiger partial charge in [-0.1, -0.05) is 0 Å². The predicted molar refractivity (Wildman–Crippen MR) is 50.0 cm³/mol. The number of hydrogen-bond donors (Lipinski definition) is 0. The Hall–Kier alpha value is -0.860. The Balaban J connectivity index is 2.05. The summed E-state index contributed by atoms with van der Waals surface area (Å²) in [6.07, 6.45) is 0.232. The standard InChI is InChI=1S/C9H9F5O3S/c10-8(11)5-7(8)3-1-6(2-4-7)17-18(15,16)9(12,13)14/h1H,2-5H2. The zero-order chi connectivity index (χ0) is 13.8. The Morgan fingerprint density at radius 1 is 1.28 bits per heavy atom. The van der Waals surface area contributed by atoms with Crippen LogP contribution in [0.2, 0.25) is 0 Å². The van der Waals surface area contributed by atoms with Crippen LogP contribution in [0.5, 0.6) is 0 Å². The van der Waals surface area contributed by atoms with Crippen LogP contribution in [-0.2, 0) is 14.3 Å². The zero-order valence-electron chi connectivity index (χ0n) is 8.93. The molecule has 2 aliphatic carbocycles. The van der Waals surface area contributed by atoms with E-state index in [1.54, 1.807) is 0 Å². The van der Waals surface area contributed by atoms with E-state index in [1.807, 2.05) is 0 Å². The van der Waals surface area contributed by atoms with Crippen molar-refractivity contribution in [1.82, 2.24) is 0 Å². The third-order valence-electron chi connectivity index (χ3n) is 3.28. The van der Waals surface area contributed by atoms with Gasteiger partial charge in [-0.25, -0.2) is 8.78 Å². The fraction of sp³-hybridized carbons (Fsp3) is 0.778. The largest absolute Gasteiger partial charge is 0.534 e. The molecule has 0 radical (unpaired) electrons. The summed E-state index contributed by atoms with van der Waals surface area (Å²) in [6, 6.07) is 0. The molecule has 0 saturated heterocycles. The third-order valence-corrected chi connectivity index (χ3v) is 4.28. The highest BCUT2D eigenvalue weighted by molar-refractivity contribution is 7.87. The molecule has 104 valence electrons. The minimum absolute atomic E-state index is 0.0702. The predicted octanol–water partition coefficient (Wildman–Crippen LogP) is 2.95. The molecule has 0 amide bonds. The first-order valence-corrected chi connectivity index (χ1v) is 6.48. The maximum Gasteiger partial charge on any atom is 0.534 e. The van der Waals surface area contributed by atoms with Crippen molar-refractivity contribution in [3.8, 4) is 0 Å². The van der Waals surface area contributed by atoms with Gasteiger partial charge in [0.25, 0.3) is 5.92 Å². The average molecular weight is 292 g/mol. The molecule has 1 unspecified atom stereocenters. The summed E-state index contributed by atoms with van der Waals surface area (Å²) >= 11 is 0. The summed E-state index contributed by atoms with van der Waals surface area (Å²) in [6.45, 7) is 0. The first kappa shape index (κ1) is 13.6. The number of halogens is 5. The van der Waals surface area contributed by atoms with Gasteiger partial charge in [0.05, 0.1) is 0 Å². The number of rotatable bonds is 2. The van der Waals surface area contributed by atoms with Gasteiger partial charge in [0.2, 0.25) is 0 Å². The lowest BCUT2D eigenvalue weighted by Crippen LogP contribution is -2.26. The zero-order valence-corrected chi connectivity index (χ0v) is 9.75. The van der Waals surface area contributed by atoms with Crippen LogP contribution in [0.15, 0.2) is 11.8 Å². The average Bonchev–Trinajstić information content (AvgIpc) is 2.70. The minimum Gasteiger partial charge on any atom is -0.381 e. The van der Waals surface area contributed by atoms with E-state index < -0.39 is 32.7 Å². The normalized spacial score (nSPS) is 31.1. The minimum atomic E-state index is -5.70. The van der Waals surface area contributed by atoms with Crippen molar-refractivity contribution >= 4 is 10.1 Å². The molecule has 1 fully saturated rings. The number of hydrogen-bond acceptors (Lipinski definition) is 3. The molecule has 0 aromatic rings. The smallest absolute Gasteiger partial charge is 0.381 e. The van der Waals surface area contributed by atoms with E-state index in [4.69, 9.17) is 0 Å². The summed E-state index contributed by atoms with van der Waals surface area (Å²) in [4.78, 5) is 0. The second-order valence-corrected chi connectivity index (χ2v) is 6.06. The molecule has 1 spiro atoms. The van der Waals surface area contributed by atoms with Gasteiger partial charge in [0, 0.05) is 18.3 Å². The van der Waals surface area contributed by atoms with E-state index in [-0.39, 0.29) is 25.7 Å². The van der Waals surface area contributed by atoms with Gasteiger partial charge < -0.3 is 4.18 Å². The van der Waals surface area contributed by atoms with E-state index in [1.165, 1.54) is 0 Å². The number of allylic oxidation sites excluding steroid dienone is 2. The molecule has 0 aromatic heterocycles. The fourth-order valence-electron chi connectivity index (χ4n) is 2.01. The Bertz CT molecular complexity index is 493. The molecule has 0 N–H and O–H groups in total. The van der Waals surface area contributed by atoms with Crippen molar-refractivity contribution in [3.05, 3.63) is 11.8 Å². The van der Waals surface area contributed by atoms with Crippen LogP contribution in [0, 0.1) is 5.41 Å². The molecule has 18 heavy (non-hydrogen) atoms. The molecule has 0 heterocycles. The first-order chi connectivity index (χ1) is 7.99. The maximum absolute atomic E-state index is 13.0. The topological polar surface area (TPSA) is 43.4 Å². The van der Waals surface area contributed by atoms with Crippen LogP contribution < -0.4 is 0 Å². The van der Waals surface area contributed by atoms with Crippen LogP contribution in [-0.4, -0.2) is 19.8 Å². The monoisotopic (exact) mass is 292 g/mol. The van der Waals surface area contributed by atoms with Crippen molar-refractivity contribution in [1.29, 1.82) is 0 Å². The second-order valence-electron chi connectivity index (χ2n) is 4.52.